The van der Waals surface area contributed by atoms with Gasteiger partial charge in [-0.1, -0.05) is 12.1 Å². The van der Waals surface area contributed by atoms with Crippen molar-refractivity contribution in [2.75, 3.05) is 23.3 Å². The molecule has 0 bridgehead atoms. The number of para-hydroxylation sites is 2. The maximum Gasteiger partial charge on any atom is 0.267 e. The van der Waals surface area contributed by atoms with Gasteiger partial charge in [0.2, 0.25) is 0 Å². The lowest BCUT2D eigenvalue weighted by Gasteiger charge is -2.37. The van der Waals surface area contributed by atoms with Crippen LogP contribution in [0.1, 0.15) is 23.5 Å². The maximum atomic E-state index is 12.8. The number of carbonyl (C=O) groups is 1. The summed E-state index contributed by atoms with van der Waals surface area (Å²) >= 11 is 1.37. The highest BCUT2D eigenvalue weighted by Gasteiger charge is 2.24. The second-order valence-corrected chi connectivity index (χ2v) is 7.93. The SMILES string of the molecule is CC1CN(c2ccccc2NC(=O)c2cnc(-c3ccncc3)s2)CC(C)O1. The van der Waals surface area contributed by atoms with Crippen molar-refractivity contribution in [3.05, 3.63) is 59.9 Å². The van der Waals surface area contributed by atoms with E-state index in [1.54, 1.807) is 18.6 Å². The molecule has 1 amide bonds. The van der Waals surface area contributed by atoms with Crippen molar-refractivity contribution in [2.45, 2.75) is 26.1 Å². The number of hydrogen-bond donors (Lipinski definition) is 1. The van der Waals surface area contributed by atoms with E-state index in [-0.39, 0.29) is 18.1 Å². The Balaban J connectivity index is 1.53. The summed E-state index contributed by atoms with van der Waals surface area (Å²) < 4.78 is 5.83. The van der Waals surface area contributed by atoms with Crippen LogP contribution in [0.2, 0.25) is 0 Å². The van der Waals surface area contributed by atoms with Gasteiger partial charge in [0.1, 0.15) is 9.88 Å². The summed E-state index contributed by atoms with van der Waals surface area (Å²) in [6.07, 6.45) is 5.36. The third-order valence-corrected chi connectivity index (χ3v) is 5.61. The van der Waals surface area contributed by atoms with Crippen LogP contribution in [0.15, 0.2) is 55.0 Å². The van der Waals surface area contributed by atoms with E-state index in [1.807, 2.05) is 36.4 Å². The molecule has 0 spiro atoms. The van der Waals surface area contributed by atoms with Gasteiger partial charge in [-0.05, 0) is 38.1 Å². The zero-order valence-electron chi connectivity index (χ0n) is 15.8. The summed E-state index contributed by atoms with van der Waals surface area (Å²) in [5.41, 5.74) is 2.76. The van der Waals surface area contributed by atoms with Crippen molar-refractivity contribution in [2.24, 2.45) is 0 Å². The lowest BCUT2D eigenvalue weighted by atomic mass is 10.1. The summed E-state index contributed by atoms with van der Waals surface area (Å²) in [6, 6.07) is 11.7. The first-order valence-electron chi connectivity index (χ1n) is 9.27. The average molecular weight is 395 g/mol. The van der Waals surface area contributed by atoms with Gasteiger partial charge < -0.3 is 15.0 Å². The first kappa shape index (κ1) is 18.6. The smallest absolute Gasteiger partial charge is 0.267 e. The molecular formula is C21H22N4O2S. The molecule has 0 radical (unpaired) electrons. The third-order valence-electron chi connectivity index (χ3n) is 4.57. The summed E-state index contributed by atoms with van der Waals surface area (Å²) in [6.45, 7) is 5.73. The molecule has 2 aromatic heterocycles. The molecule has 3 heterocycles. The fourth-order valence-electron chi connectivity index (χ4n) is 3.42. The molecule has 0 aliphatic carbocycles. The monoisotopic (exact) mass is 394 g/mol. The summed E-state index contributed by atoms with van der Waals surface area (Å²) in [7, 11) is 0. The van der Waals surface area contributed by atoms with Crippen molar-refractivity contribution >= 4 is 28.6 Å². The van der Waals surface area contributed by atoms with Crippen LogP contribution >= 0.6 is 11.3 Å². The number of rotatable bonds is 4. The van der Waals surface area contributed by atoms with Crippen LogP contribution in [0, 0.1) is 0 Å². The van der Waals surface area contributed by atoms with Gasteiger partial charge in [-0.15, -0.1) is 11.3 Å². The van der Waals surface area contributed by atoms with Crippen molar-refractivity contribution in [3.8, 4) is 10.6 Å². The van der Waals surface area contributed by atoms with Gasteiger partial charge in [0.05, 0.1) is 29.8 Å². The van der Waals surface area contributed by atoms with Crippen LogP contribution in [0.5, 0.6) is 0 Å². The van der Waals surface area contributed by atoms with Crippen molar-refractivity contribution in [3.63, 3.8) is 0 Å². The van der Waals surface area contributed by atoms with Crippen molar-refractivity contribution in [1.29, 1.82) is 0 Å². The average Bonchev–Trinajstić information content (AvgIpc) is 3.19. The molecule has 144 valence electrons. The second kappa shape index (κ2) is 8.08. The molecule has 1 N–H and O–H groups in total. The number of amides is 1. The summed E-state index contributed by atoms with van der Waals surface area (Å²) in [5.74, 6) is -0.153. The van der Waals surface area contributed by atoms with Crippen LogP contribution in [0.3, 0.4) is 0 Å². The minimum atomic E-state index is -0.153. The summed E-state index contributed by atoms with van der Waals surface area (Å²) in [5, 5.41) is 3.86. The Bertz CT molecular complexity index is 950. The van der Waals surface area contributed by atoms with E-state index in [0.29, 0.717) is 4.88 Å². The van der Waals surface area contributed by atoms with Gasteiger partial charge in [0.25, 0.3) is 5.91 Å². The largest absolute Gasteiger partial charge is 0.372 e. The maximum absolute atomic E-state index is 12.8. The third kappa shape index (κ3) is 4.05. The Morgan fingerprint density at radius 2 is 1.86 bits per heavy atom. The number of morpholine rings is 1. The molecule has 0 saturated carbocycles. The highest BCUT2D eigenvalue weighted by atomic mass is 32.1. The number of pyridine rings is 1. The number of anilines is 2. The van der Waals surface area contributed by atoms with Gasteiger partial charge in [-0.3, -0.25) is 9.78 Å². The first-order chi connectivity index (χ1) is 13.6. The second-order valence-electron chi connectivity index (χ2n) is 6.90. The van der Waals surface area contributed by atoms with E-state index in [1.165, 1.54) is 11.3 Å². The molecule has 1 saturated heterocycles. The minimum absolute atomic E-state index is 0.150. The topological polar surface area (TPSA) is 67.4 Å². The Kier molecular flexibility index (Phi) is 5.36. The Labute approximate surface area is 168 Å². The molecule has 3 aromatic rings. The van der Waals surface area contributed by atoms with Crippen LogP contribution in [-0.4, -0.2) is 41.2 Å². The first-order valence-corrected chi connectivity index (χ1v) is 10.1. The van der Waals surface area contributed by atoms with Crippen molar-refractivity contribution in [1.82, 2.24) is 9.97 Å². The quantitative estimate of drug-likeness (QED) is 0.722. The molecule has 1 aromatic carbocycles. The number of ether oxygens (including phenoxy) is 1. The number of thiazole rings is 1. The number of nitrogens with zero attached hydrogens (tertiary/aromatic N) is 3. The minimum Gasteiger partial charge on any atom is -0.372 e. The van der Waals surface area contributed by atoms with Gasteiger partial charge in [0.15, 0.2) is 0 Å². The van der Waals surface area contributed by atoms with E-state index < -0.39 is 0 Å². The molecule has 2 atom stereocenters. The van der Waals surface area contributed by atoms with E-state index in [0.717, 1.165) is 35.0 Å². The molecular weight excluding hydrogens is 372 g/mol. The normalized spacial score (nSPS) is 19.4. The highest BCUT2D eigenvalue weighted by Crippen LogP contribution is 2.30. The van der Waals surface area contributed by atoms with Crippen LogP contribution in [-0.2, 0) is 4.74 Å². The predicted molar refractivity (Wildman–Crippen MR) is 112 cm³/mol. The van der Waals surface area contributed by atoms with E-state index in [2.05, 4.69) is 34.0 Å². The fraction of sp³-hybridized carbons (Fsp3) is 0.286. The lowest BCUT2D eigenvalue weighted by molar-refractivity contribution is -0.00517. The standard InChI is InChI=1S/C21H22N4O2S/c1-14-12-25(13-15(2)27-14)18-6-4-3-5-17(18)24-20(26)19-11-23-21(28-19)16-7-9-22-10-8-16/h3-11,14-15H,12-13H2,1-2H3,(H,24,26). The number of benzene rings is 1. The predicted octanol–water partition coefficient (Wildman–Crippen LogP) is 4.07. The molecule has 7 heteroatoms. The molecule has 4 rings (SSSR count). The Morgan fingerprint density at radius 1 is 1.14 bits per heavy atom. The zero-order valence-corrected chi connectivity index (χ0v) is 16.6. The molecule has 1 fully saturated rings. The van der Waals surface area contributed by atoms with Gasteiger partial charge in [-0.2, -0.15) is 0 Å². The Hall–Kier alpha value is -2.77. The highest BCUT2D eigenvalue weighted by molar-refractivity contribution is 7.17. The summed E-state index contributed by atoms with van der Waals surface area (Å²) in [4.78, 5) is 24.1. The van der Waals surface area contributed by atoms with Crippen LogP contribution in [0.4, 0.5) is 11.4 Å². The molecule has 1 aliphatic rings. The fourth-order valence-corrected chi connectivity index (χ4v) is 4.24. The molecule has 1 aliphatic heterocycles. The Morgan fingerprint density at radius 3 is 2.61 bits per heavy atom. The zero-order chi connectivity index (χ0) is 19.5. The van der Waals surface area contributed by atoms with Crippen molar-refractivity contribution < 1.29 is 9.53 Å². The van der Waals surface area contributed by atoms with Crippen LogP contribution in [0.25, 0.3) is 10.6 Å². The molecule has 28 heavy (non-hydrogen) atoms. The van der Waals surface area contributed by atoms with E-state index in [4.69, 9.17) is 4.74 Å². The van der Waals surface area contributed by atoms with Gasteiger partial charge in [-0.25, -0.2) is 4.98 Å². The van der Waals surface area contributed by atoms with E-state index in [9.17, 15) is 4.79 Å². The van der Waals surface area contributed by atoms with E-state index >= 15 is 0 Å². The number of hydrogen-bond acceptors (Lipinski definition) is 6. The van der Waals surface area contributed by atoms with Gasteiger partial charge >= 0.3 is 0 Å². The number of carbonyl (C=O) groups excluding carboxylic acids is 1. The van der Waals surface area contributed by atoms with Crippen LogP contribution < -0.4 is 10.2 Å². The molecule has 2 unspecified atom stereocenters. The van der Waals surface area contributed by atoms with Gasteiger partial charge in [0, 0.05) is 31.0 Å². The lowest BCUT2D eigenvalue weighted by Crippen LogP contribution is -2.45. The molecule has 6 nitrogen and oxygen atoms in total. The number of nitrogens with one attached hydrogen (secondary N) is 1. The number of aromatic nitrogens is 2.